The maximum atomic E-state index is 9.02. The number of nitriles is 1. The summed E-state index contributed by atoms with van der Waals surface area (Å²) in [6.07, 6.45) is 7.08. The van der Waals surface area contributed by atoms with Gasteiger partial charge in [0.1, 0.15) is 0 Å². The number of nitrogens with zero attached hydrogens (tertiary/aromatic N) is 1. The van der Waals surface area contributed by atoms with E-state index in [1.807, 2.05) is 24.3 Å². The normalized spacial score (nSPS) is 18.5. The van der Waals surface area contributed by atoms with E-state index in [0.717, 1.165) is 18.4 Å². The molecule has 0 atom stereocenters. The predicted molar refractivity (Wildman–Crippen MR) is 75.4 cm³/mol. The van der Waals surface area contributed by atoms with E-state index in [0.29, 0.717) is 18.8 Å². The van der Waals surface area contributed by atoms with Crippen LogP contribution in [0.4, 0.5) is 0 Å². The van der Waals surface area contributed by atoms with Crippen molar-refractivity contribution in [3.05, 3.63) is 35.4 Å². The highest BCUT2D eigenvalue weighted by molar-refractivity contribution is 5.36. The molecule has 0 aromatic heterocycles. The van der Waals surface area contributed by atoms with Gasteiger partial charge in [0.15, 0.2) is 0 Å². The van der Waals surface area contributed by atoms with Crippen LogP contribution in [0, 0.1) is 11.3 Å². The average Bonchev–Trinajstić information content (AvgIpc) is 2.64. The van der Waals surface area contributed by atoms with E-state index in [1.165, 1.54) is 25.7 Å². The van der Waals surface area contributed by atoms with Gasteiger partial charge in [0, 0.05) is 5.54 Å². The van der Waals surface area contributed by atoms with Gasteiger partial charge in [-0.2, -0.15) is 5.26 Å². The number of nitrogens with two attached hydrogens (primary N) is 1. The Morgan fingerprint density at radius 3 is 2.53 bits per heavy atom. The molecule has 0 saturated heterocycles. The largest absolute Gasteiger partial charge is 0.375 e. The molecular weight excluding hydrogens is 236 g/mol. The molecule has 19 heavy (non-hydrogen) atoms. The molecule has 1 aliphatic carbocycles. The highest BCUT2D eigenvalue weighted by atomic mass is 16.5. The average molecular weight is 258 g/mol. The molecule has 3 nitrogen and oxygen atoms in total. The van der Waals surface area contributed by atoms with Gasteiger partial charge in [-0.05, 0) is 24.5 Å². The summed E-state index contributed by atoms with van der Waals surface area (Å²) in [5.74, 6) is 0. The zero-order valence-electron chi connectivity index (χ0n) is 11.4. The van der Waals surface area contributed by atoms with Crippen LogP contribution in [0.25, 0.3) is 0 Å². The Bertz CT molecular complexity index is 442. The standard InChI is InChI=1S/C16H22N2O/c17-11-14-7-3-4-8-15(14)12-19-13-16(18)9-5-1-2-6-10-16/h3-4,7-8H,1-2,5-6,9-10,12-13,18H2. The van der Waals surface area contributed by atoms with Crippen LogP contribution < -0.4 is 5.73 Å². The second-order valence-corrected chi connectivity index (χ2v) is 5.54. The van der Waals surface area contributed by atoms with Crippen molar-refractivity contribution < 1.29 is 4.74 Å². The Labute approximate surface area is 115 Å². The molecule has 102 valence electrons. The van der Waals surface area contributed by atoms with Crippen LogP contribution in [-0.4, -0.2) is 12.1 Å². The number of ether oxygens (including phenoxy) is 1. The van der Waals surface area contributed by atoms with Crippen LogP contribution in [0.2, 0.25) is 0 Å². The van der Waals surface area contributed by atoms with Crippen LogP contribution in [0.5, 0.6) is 0 Å². The van der Waals surface area contributed by atoms with E-state index in [4.69, 9.17) is 15.7 Å². The van der Waals surface area contributed by atoms with Gasteiger partial charge >= 0.3 is 0 Å². The molecule has 2 rings (SSSR count). The quantitative estimate of drug-likeness (QED) is 0.844. The van der Waals surface area contributed by atoms with E-state index in [2.05, 4.69) is 6.07 Å². The van der Waals surface area contributed by atoms with E-state index >= 15 is 0 Å². The van der Waals surface area contributed by atoms with Gasteiger partial charge in [0.2, 0.25) is 0 Å². The lowest BCUT2D eigenvalue weighted by atomic mass is 9.92. The number of benzene rings is 1. The van der Waals surface area contributed by atoms with Crippen molar-refractivity contribution in [1.82, 2.24) is 0 Å². The topological polar surface area (TPSA) is 59.0 Å². The maximum absolute atomic E-state index is 9.02. The zero-order valence-corrected chi connectivity index (χ0v) is 11.4. The Morgan fingerprint density at radius 1 is 1.16 bits per heavy atom. The SMILES string of the molecule is N#Cc1ccccc1COCC1(N)CCCCCC1. The van der Waals surface area contributed by atoms with Crippen molar-refractivity contribution in [1.29, 1.82) is 5.26 Å². The fourth-order valence-corrected chi connectivity index (χ4v) is 2.70. The number of rotatable bonds is 4. The Kier molecular flexibility index (Phi) is 4.95. The molecule has 1 fully saturated rings. The number of hydrogen-bond acceptors (Lipinski definition) is 3. The fraction of sp³-hybridized carbons (Fsp3) is 0.562. The van der Waals surface area contributed by atoms with Crippen LogP contribution in [0.1, 0.15) is 49.7 Å². The van der Waals surface area contributed by atoms with E-state index in [9.17, 15) is 0 Å². The molecule has 1 saturated carbocycles. The zero-order chi connectivity index (χ0) is 13.6. The minimum absolute atomic E-state index is 0.169. The first kappa shape index (κ1) is 14.0. The minimum atomic E-state index is -0.169. The maximum Gasteiger partial charge on any atom is 0.0995 e. The molecule has 0 bridgehead atoms. The molecule has 2 N–H and O–H groups in total. The molecule has 0 unspecified atom stereocenters. The van der Waals surface area contributed by atoms with Gasteiger partial charge in [-0.15, -0.1) is 0 Å². The molecular formula is C16H22N2O. The second-order valence-electron chi connectivity index (χ2n) is 5.54. The second kappa shape index (κ2) is 6.70. The molecule has 0 aliphatic heterocycles. The number of hydrogen-bond donors (Lipinski definition) is 1. The molecule has 0 heterocycles. The highest BCUT2D eigenvalue weighted by Gasteiger charge is 2.26. The summed E-state index contributed by atoms with van der Waals surface area (Å²) in [7, 11) is 0. The lowest BCUT2D eigenvalue weighted by molar-refractivity contribution is 0.0666. The molecule has 0 radical (unpaired) electrons. The lowest BCUT2D eigenvalue weighted by Crippen LogP contribution is -2.43. The van der Waals surface area contributed by atoms with Crippen LogP contribution >= 0.6 is 0 Å². The van der Waals surface area contributed by atoms with Crippen LogP contribution in [0.3, 0.4) is 0 Å². The van der Waals surface area contributed by atoms with Gasteiger partial charge in [-0.25, -0.2) is 0 Å². The lowest BCUT2D eigenvalue weighted by Gasteiger charge is -2.27. The van der Waals surface area contributed by atoms with Crippen molar-refractivity contribution in [3.8, 4) is 6.07 Å². The van der Waals surface area contributed by atoms with Crippen LogP contribution in [-0.2, 0) is 11.3 Å². The van der Waals surface area contributed by atoms with Gasteiger partial charge in [0.05, 0.1) is 24.8 Å². The highest BCUT2D eigenvalue weighted by Crippen LogP contribution is 2.25. The molecule has 1 aliphatic rings. The van der Waals surface area contributed by atoms with Crippen LogP contribution in [0.15, 0.2) is 24.3 Å². The van der Waals surface area contributed by atoms with Gasteiger partial charge in [-0.3, -0.25) is 0 Å². The van der Waals surface area contributed by atoms with Crippen molar-refractivity contribution in [2.45, 2.75) is 50.7 Å². The smallest absolute Gasteiger partial charge is 0.0995 e. The summed E-state index contributed by atoms with van der Waals surface area (Å²) >= 11 is 0. The molecule has 1 aromatic rings. The monoisotopic (exact) mass is 258 g/mol. The first-order valence-corrected chi connectivity index (χ1v) is 7.08. The molecule has 0 amide bonds. The third-order valence-electron chi connectivity index (χ3n) is 3.88. The Balaban J connectivity index is 1.87. The fourth-order valence-electron chi connectivity index (χ4n) is 2.70. The van der Waals surface area contributed by atoms with Gasteiger partial charge < -0.3 is 10.5 Å². The van der Waals surface area contributed by atoms with Crippen molar-refractivity contribution >= 4 is 0 Å². The van der Waals surface area contributed by atoms with Gasteiger partial charge in [0.25, 0.3) is 0 Å². The van der Waals surface area contributed by atoms with Crippen molar-refractivity contribution in [2.24, 2.45) is 5.73 Å². The van der Waals surface area contributed by atoms with Crippen molar-refractivity contribution in [2.75, 3.05) is 6.61 Å². The molecule has 1 aromatic carbocycles. The summed E-state index contributed by atoms with van der Waals surface area (Å²) < 4.78 is 5.78. The Morgan fingerprint density at radius 2 is 1.84 bits per heavy atom. The molecule has 3 heteroatoms. The summed E-state index contributed by atoms with van der Waals surface area (Å²) in [6, 6.07) is 9.76. The van der Waals surface area contributed by atoms with E-state index < -0.39 is 0 Å². The van der Waals surface area contributed by atoms with Gasteiger partial charge in [-0.1, -0.05) is 43.9 Å². The molecule has 0 spiro atoms. The summed E-state index contributed by atoms with van der Waals surface area (Å²) in [6.45, 7) is 1.06. The third-order valence-corrected chi connectivity index (χ3v) is 3.88. The summed E-state index contributed by atoms with van der Waals surface area (Å²) in [4.78, 5) is 0. The Hall–Kier alpha value is -1.37. The predicted octanol–water partition coefficient (Wildman–Crippen LogP) is 3.13. The third kappa shape index (κ3) is 4.05. The van der Waals surface area contributed by atoms with E-state index in [1.54, 1.807) is 0 Å². The van der Waals surface area contributed by atoms with Crippen molar-refractivity contribution in [3.63, 3.8) is 0 Å². The van der Waals surface area contributed by atoms with E-state index in [-0.39, 0.29) is 5.54 Å². The summed E-state index contributed by atoms with van der Waals surface area (Å²) in [5, 5.41) is 9.02. The first-order valence-electron chi connectivity index (χ1n) is 7.08. The first-order chi connectivity index (χ1) is 9.23. The minimum Gasteiger partial charge on any atom is -0.375 e. The summed E-state index contributed by atoms with van der Waals surface area (Å²) in [5.41, 5.74) is 7.87.